The molecule has 0 fully saturated rings. The van der Waals surface area contributed by atoms with Crippen LogP contribution in [0.5, 0.6) is 5.75 Å². The van der Waals surface area contributed by atoms with Gasteiger partial charge in [0.2, 0.25) is 0 Å². The van der Waals surface area contributed by atoms with Crippen molar-refractivity contribution in [3.8, 4) is 5.75 Å². The van der Waals surface area contributed by atoms with E-state index in [0.29, 0.717) is 0 Å². The number of nitrogens with one attached hydrogen (secondary N) is 1. The molecule has 0 aromatic heterocycles. The Morgan fingerprint density at radius 1 is 1.25 bits per heavy atom. The summed E-state index contributed by atoms with van der Waals surface area (Å²) >= 11 is 0. The smallest absolute Gasteiger partial charge is 0.123 e. The first-order valence-corrected chi connectivity index (χ1v) is 6.93. The third kappa shape index (κ3) is 2.68. The van der Waals surface area contributed by atoms with Crippen LogP contribution in [0.4, 0.5) is 4.39 Å². The summed E-state index contributed by atoms with van der Waals surface area (Å²) in [7, 11) is 1.94. The number of hydrogen-bond donors (Lipinski definition) is 1. The summed E-state index contributed by atoms with van der Waals surface area (Å²) < 4.78 is 18.8. The molecule has 3 heteroatoms. The predicted molar refractivity (Wildman–Crippen MR) is 77.5 cm³/mol. The molecule has 0 saturated heterocycles. The Hall–Kier alpha value is -1.87. The van der Waals surface area contributed by atoms with Gasteiger partial charge in [-0.1, -0.05) is 24.3 Å². The summed E-state index contributed by atoms with van der Waals surface area (Å²) in [4.78, 5) is 0. The zero-order valence-corrected chi connectivity index (χ0v) is 11.5. The highest BCUT2D eigenvalue weighted by atomic mass is 19.1. The largest absolute Gasteiger partial charge is 0.493 e. The fourth-order valence-electron chi connectivity index (χ4n) is 2.71. The summed E-state index contributed by atoms with van der Waals surface area (Å²) in [5.41, 5.74) is 3.49. The zero-order valence-electron chi connectivity index (χ0n) is 11.5. The lowest BCUT2D eigenvalue weighted by atomic mass is 9.97. The van der Waals surface area contributed by atoms with Gasteiger partial charge in [-0.15, -0.1) is 0 Å². The van der Waals surface area contributed by atoms with Gasteiger partial charge in [-0.2, -0.15) is 0 Å². The molecule has 1 aliphatic heterocycles. The first-order chi connectivity index (χ1) is 9.76. The maximum absolute atomic E-state index is 13.3. The molecule has 0 spiro atoms. The lowest BCUT2D eigenvalue weighted by Gasteiger charge is -2.17. The topological polar surface area (TPSA) is 21.3 Å². The Morgan fingerprint density at radius 2 is 2.15 bits per heavy atom. The van der Waals surface area contributed by atoms with Crippen molar-refractivity contribution in [2.75, 3.05) is 13.7 Å². The standard InChI is InChI=1S/C17H18FNO/c1-19-16(10-12-3-2-4-15(18)9-12)13-5-6-17-14(11-13)7-8-20-17/h2-6,9,11,16,19H,7-8,10H2,1H3. The van der Waals surface area contributed by atoms with Crippen molar-refractivity contribution in [3.63, 3.8) is 0 Å². The van der Waals surface area contributed by atoms with Crippen molar-refractivity contribution in [2.24, 2.45) is 0 Å². The van der Waals surface area contributed by atoms with Gasteiger partial charge in [-0.05, 0) is 48.4 Å². The Morgan fingerprint density at radius 3 is 2.95 bits per heavy atom. The minimum absolute atomic E-state index is 0.181. The number of halogens is 1. The normalized spacial score (nSPS) is 14.7. The van der Waals surface area contributed by atoms with Crippen LogP contribution in [-0.4, -0.2) is 13.7 Å². The molecule has 3 rings (SSSR count). The fraction of sp³-hybridized carbons (Fsp3) is 0.294. The van der Waals surface area contributed by atoms with E-state index in [1.165, 1.54) is 17.2 Å². The molecular weight excluding hydrogens is 253 g/mol. The number of rotatable bonds is 4. The van der Waals surface area contributed by atoms with E-state index in [0.717, 1.165) is 30.8 Å². The quantitative estimate of drug-likeness (QED) is 0.921. The van der Waals surface area contributed by atoms with Crippen LogP contribution >= 0.6 is 0 Å². The molecule has 0 radical (unpaired) electrons. The van der Waals surface area contributed by atoms with E-state index in [2.05, 4.69) is 17.4 Å². The first kappa shape index (κ1) is 13.1. The third-order valence-electron chi connectivity index (χ3n) is 3.79. The molecule has 20 heavy (non-hydrogen) atoms. The van der Waals surface area contributed by atoms with Crippen LogP contribution in [0, 0.1) is 5.82 Å². The van der Waals surface area contributed by atoms with Crippen LogP contribution in [0.3, 0.4) is 0 Å². The second kappa shape index (κ2) is 5.63. The minimum atomic E-state index is -0.181. The van der Waals surface area contributed by atoms with E-state index >= 15 is 0 Å². The Bertz CT molecular complexity index is 612. The Kier molecular flexibility index (Phi) is 3.70. The van der Waals surface area contributed by atoms with Crippen molar-refractivity contribution in [1.82, 2.24) is 5.32 Å². The summed E-state index contributed by atoms with van der Waals surface area (Å²) in [5, 5.41) is 3.31. The number of likely N-dealkylation sites (N-methyl/N-ethyl adjacent to an activating group) is 1. The van der Waals surface area contributed by atoms with Gasteiger partial charge in [0, 0.05) is 12.5 Å². The molecule has 0 aliphatic carbocycles. The van der Waals surface area contributed by atoms with E-state index in [1.807, 2.05) is 19.2 Å². The first-order valence-electron chi connectivity index (χ1n) is 6.93. The number of fused-ring (bicyclic) bond motifs is 1. The number of benzene rings is 2. The summed E-state index contributed by atoms with van der Waals surface area (Å²) in [5.74, 6) is 0.814. The molecule has 0 amide bonds. The molecule has 1 unspecified atom stereocenters. The molecule has 2 aromatic carbocycles. The van der Waals surface area contributed by atoms with Gasteiger partial charge in [0.15, 0.2) is 0 Å². The summed E-state index contributed by atoms with van der Waals surface area (Å²) in [6.45, 7) is 0.771. The highest BCUT2D eigenvalue weighted by Gasteiger charge is 2.16. The highest BCUT2D eigenvalue weighted by molar-refractivity contribution is 5.41. The molecule has 1 atom stereocenters. The monoisotopic (exact) mass is 271 g/mol. The van der Waals surface area contributed by atoms with Gasteiger partial charge in [0.05, 0.1) is 6.61 Å². The second-order valence-electron chi connectivity index (χ2n) is 5.14. The van der Waals surface area contributed by atoms with Crippen LogP contribution < -0.4 is 10.1 Å². The van der Waals surface area contributed by atoms with E-state index in [9.17, 15) is 4.39 Å². The number of ether oxygens (including phenoxy) is 1. The van der Waals surface area contributed by atoms with E-state index in [-0.39, 0.29) is 11.9 Å². The zero-order chi connectivity index (χ0) is 13.9. The highest BCUT2D eigenvalue weighted by Crippen LogP contribution is 2.29. The van der Waals surface area contributed by atoms with Crippen LogP contribution in [0.25, 0.3) is 0 Å². The van der Waals surface area contributed by atoms with E-state index in [1.54, 1.807) is 12.1 Å². The van der Waals surface area contributed by atoms with Gasteiger partial charge < -0.3 is 10.1 Å². The molecule has 0 saturated carbocycles. The average molecular weight is 271 g/mol. The number of hydrogen-bond acceptors (Lipinski definition) is 2. The molecule has 0 bridgehead atoms. The van der Waals surface area contributed by atoms with E-state index < -0.39 is 0 Å². The molecule has 1 aliphatic rings. The van der Waals surface area contributed by atoms with E-state index in [4.69, 9.17) is 4.74 Å². The average Bonchev–Trinajstić information content (AvgIpc) is 2.92. The van der Waals surface area contributed by atoms with Crippen molar-refractivity contribution in [3.05, 3.63) is 65.0 Å². The molecular formula is C17H18FNO. The summed E-state index contributed by atoms with van der Waals surface area (Å²) in [6.07, 6.45) is 1.74. The lowest BCUT2D eigenvalue weighted by molar-refractivity contribution is 0.356. The van der Waals surface area contributed by atoms with Crippen molar-refractivity contribution in [2.45, 2.75) is 18.9 Å². The second-order valence-corrected chi connectivity index (χ2v) is 5.14. The fourth-order valence-corrected chi connectivity index (χ4v) is 2.71. The maximum atomic E-state index is 13.3. The van der Waals surface area contributed by atoms with Crippen LogP contribution in [0.2, 0.25) is 0 Å². The van der Waals surface area contributed by atoms with Gasteiger partial charge in [0.1, 0.15) is 11.6 Å². The maximum Gasteiger partial charge on any atom is 0.123 e. The minimum Gasteiger partial charge on any atom is -0.493 e. The summed E-state index contributed by atoms with van der Waals surface area (Å²) in [6, 6.07) is 13.3. The SMILES string of the molecule is CNC(Cc1cccc(F)c1)c1ccc2c(c1)CCO2. The molecule has 2 aromatic rings. The van der Waals surface area contributed by atoms with Crippen molar-refractivity contribution < 1.29 is 9.13 Å². The van der Waals surface area contributed by atoms with Crippen LogP contribution in [-0.2, 0) is 12.8 Å². The molecule has 1 N–H and O–H groups in total. The Labute approximate surface area is 118 Å². The predicted octanol–water partition coefficient (Wildman–Crippen LogP) is 3.26. The lowest BCUT2D eigenvalue weighted by Crippen LogP contribution is -2.19. The van der Waals surface area contributed by atoms with Crippen molar-refractivity contribution in [1.29, 1.82) is 0 Å². The van der Waals surface area contributed by atoms with Gasteiger partial charge in [-0.3, -0.25) is 0 Å². The van der Waals surface area contributed by atoms with Crippen molar-refractivity contribution >= 4 is 0 Å². The third-order valence-corrected chi connectivity index (χ3v) is 3.79. The van der Waals surface area contributed by atoms with Crippen LogP contribution in [0.15, 0.2) is 42.5 Å². The van der Waals surface area contributed by atoms with Crippen LogP contribution in [0.1, 0.15) is 22.7 Å². The Balaban J connectivity index is 1.83. The molecule has 104 valence electrons. The molecule has 1 heterocycles. The van der Waals surface area contributed by atoms with Gasteiger partial charge in [0.25, 0.3) is 0 Å². The van der Waals surface area contributed by atoms with Gasteiger partial charge in [-0.25, -0.2) is 4.39 Å². The van der Waals surface area contributed by atoms with Gasteiger partial charge >= 0.3 is 0 Å². The molecule has 2 nitrogen and oxygen atoms in total.